The van der Waals surface area contributed by atoms with Gasteiger partial charge in [-0.15, -0.1) is 0 Å². The van der Waals surface area contributed by atoms with Crippen LogP contribution in [0.25, 0.3) is 0 Å². The molecule has 0 aliphatic rings. The highest BCUT2D eigenvalue weighted by Gasteiger charge is 2.32. The molecule has 0 spiro atoms. The summed E-state index contributed by atoms with van der Waals surface area (Å²) in [6.07, 6.45) is -1.77. The lowest BCUT2D eigenvalue weighted by molar-refractivity contribution is -0.148. The van der Waals surface area contributed by atoms with Crippen molar-refractivity contribution in [3.8, 4) is 0 Å². The van der Waals surface area contributed by atoms with Gasteiger partial charge in [0.2, 0.25) is 0 Å². The average molecular weight is 388 g/mol. The minimum Gasteiger partial charge on any atom is -0.481 e. The zero-order valence-corrected chi connectivity index (χ0v) is 13.8. The van der Waals surface area contributed by atoms with Crippen molar-refractivity contribution >= 4 is 35.8 Å². The Morgan fingerprint density at radius 2 is 1.26 bits per heavy atom. The van der Waals surface area contributed by atoms with Crippen LogP contribution in [0.3, 0.4) is 0 Å². The van der Waals surface area contributed by atoms with Crippen LogP contribution in [0.2, 0.25) is 0 Å². The molecule has 6 N–H and O–H groups in total. The molecule has 0 saturated carbocycles. The first-order chi connectivity index (χ1) is 12.3. The molecule has 27 heavy (non-hydrogen) atoms. The Hall–Kier alpha value is -3.70. The van der Waals surface area contributed by atoms with E-state index in [9.17, 15) is 33.9 Å². The summed E-state index contributed by atoms with van der Waals surface area (Å²) in [6.45, 7) is 1.08. The van der Waals surface area contributed by atoms with Gasteiger partial charge in [-0.2, -0.15) is 0 Å². The average Bonchev–Trinajstić information content (AvgIpc) is 2.50. The Morgan fingerprint density at radius 1 is 0.741 bits per heavy atom. The maximum atomic E-state index is 11.4. The lowest BCUT2D eigenvalue weighted by Crippen LogP contribution is -2.25. The molecule has 12 heteroatoms. The smallest absolute Gasteiger partial charge is 0.336 e. The molecule has 0 bridgehead atoms. The second-order valence-electron chi connectivity index (χ2n) is 5.34. The van der Waals surface area contributed by atoms with Crippen molar-refractivity contribution in [2.75, 3.05) is 0 Å². The van der Waals surface area contributed by atoms with Gasteiger partial charge in [-0.05, 0) is 12.5 Å². The summed E-state index contributed by atoms with van der Waals surface area (Å²) in [4.78, 5) is 66.9. The second kappa shape index (κ2) is 9.70. The first-order valence-electron chi connectivity index (χ1n) is 7.11. The van der Waals surface area contributed by atoms with Gasteiger partial charge in [-0.1, -0.05) is 6.92 Å². The van der Waals surface area contributed by atoms with Crippen molar-refractivity contribution in [3.63, 3.8) is 0 Å². The van der Waals surface area contributed by atoms with Crippen molar-refractivity contribution in [2.24, 2.45) is 11.8 Å². The molecule has 0 amide bonds. The lowest BCUT2D eigenvalue weighted by atomic mass is 9.90. The molecule has 2 atom stereocenters. The van der Waals surface area contributed by atoms with Crippen molar-refractivity contribution in [1.29, 1.82) is 0 Å². The molecule has 0 aliphatic heterocycles. The lowest BCUT2D eigenvalue weighted by Gasteiger charge is -2.13. The molecule has 12 nitrogen and oxygen atoms in total. The van der Waals surface area contributed by atoms with Crippen LogP contribution in [0.5, 0.6) is 0 Å². The largest absolute Gasteiger partial charge is 0.481 e. The highest BCUT2D eigenvalue weighted by Crippen LogP contribution is 2.23. The van der Waals surface area contributed by atoms with E-state index < -0.39 is 77.2 Å². The summed E-state index contributed by atoms with van der Waals surface area (Å²) in [5.74, 6) is -14.3. The van der Waals surface area contributed by atoms with E-state index in [1.807, 2.05) is 0 Å². The van der Waals surface area contributed by atoms with Crippen LogP contribution in [-0.4, -0.2) is 66.5 Å². The number of carboxylic acid groups (broad SMARTS) is 6. The molecule has 0 aromatic rings. The van der Waals surface area contributed by atoms with E-state index in [1.54, 1.807) is 0 Å². The molecule has 0 aliphatic carbocycles. The Morgan fingerprint density at radius 3 is 1.56 bits per heavy atom. The quantitative estimate of drug-likeness (QED) is 0.199. The predicted octanol–water partition coefficient (Wildman–Crippen LogP) is -0.250. The fraction of sp³-hybridized carbons (Fsp3) is 0.333. The van der Waals surface area contributed by atoms with Gasteiger partial charge < -0.3 is 30.6 Å². The van der Waals surface area contributed by atoms with Crippen LogP contribution >= 0.6 is 0 Å². The predicted molar refractivity (Wildman–Crippen MR) is 82.8 cm³/mol. The zero-order chi connectivity index (χ0) is 21.5. The summed E-state index contributed by atoms with van der Waals surface area (Å²) in [5.41, 5.74) is -3.32. The Bertz CT molecular complexity index is 742. The third-order valence-electron chi connectivity index (χ3n) is 3.34. The zero-order valence-electron chi connectivity index (χ0n) is 13.8. The molecule has 0 radical (unpaired) electrons. The first-order valence-corrected chi connectivity index (χ1v) is 7.11. The normalized spacial score (nSPS) is 14.5. The number of rotatable bonds is 11. The summed E-state index contributed by atoms with van der Waals surface area (Å²) < 4.78 is 0. The number of carbonyl (C=O) groups is 6. The van der Waals surface area contributed by atoms with Crippen LogP contribution < -0.4 is 0 Å². The molecule has 0 heterocycles. The second-order valence-corrected chi connectivity index (χ2v) is 5.34. The van der Waals surface area contributed by atoms with Crippen molar-refractivity contribution in [1.82, 2.24) is 0 Å². The van der Waals surface area contributed by atoms with E-state index in [4.69, 9.17) is 25.5 Å². The molecular weight excluding hydrogens is 372 g/mol. The molecule has 0 aromatic carbocycles. The highest BCUT2D eigenvalue weighted by atomic mass is 16.4. The van der Waals surface area contributed by atoms with Gasteiger partial charge in [0.1, 0.15) is 0 Å². The minimum atomic E-state index is -2.17. The monoisotopic (exact) mass is 388 g/mol. The molecule has 0 fully saturated rings. The minimum absolute atomic E-state index is 0.227. The Kier molecular flexibility index (Phi) is 8.37. The number of hydrogen-bond donors (Lipinski definition) is 6. The maximum Gasteiger partial charge on any atom is 0.336 e. The van der Waals surface area contributed by atoms with Crippen LogP contribution in [-0.2, 0) is 28.8 Å². The van der Waals surface area contributed by atoms with E-state index in [0.717, 1.165) is 6.92 Å². The third kappa shape index (κ3) is 6.97. The fourth-order valence-corrected chi connectivity index (χ4v) is 1.96. The van der Waals surface area contributed by atoms with Gasteiger partial charge in [0, 0.05) is 0 Å². The molecule has 0 rings (SSSR count). The molecular formula is C15H16O12. The third-order valence-corrected chi connectivity index (χ3v) is 3.34. The van der Waals surface area contributed by atoms with E-state index in [-0.39, 0.29) is 6.08 Å². The van der Waals surface area contributed by atoms with Gasteiger partial charge in [-0.3, -0.25) is 14.4 Å². The van der Waals surface area contributed by atoms with Crippen molar-refractivity contribution in [3.05, 3.63) is 22.8 Å². The van der Waals surface area contributed by atoms with Crippen LogP contribution in [0.4, 0.5) is 0 Å². The Balaban J connectivity index is 6.62. The first kappa shape index (κ1) is 23.3. The topological polar surface area (TPSA) is 224 Å². The van der Waals surface area contributed by atoms with E-state index in [0.29, 0.717) is 0 Å². The Labute approximate surface area is 150 Å². The van der Waals surface area contributed by atoms with E-state index in [1.165, 1.54) is 0 Å². The van der Waals surface area contributed by atoms with Gasteiger partial charge in [0.25, 0.3) is 0 Å². The standard InChI is InChI=1S/C15H16O12/c1-5(11(18)19)2-6(12(20)21)7(13(22)23)3-8(14(24)25)9(15(26)27)4-10(16)17/h3,5,9H,2,4H2,1H3,(H,16,17)(H,18,19)(H,20,21)(H,22,23)(H,24,25)(H,26,27). The summed E-state index contributed by atoms with van der Waals surface area (Å²) in [7, 11) is 0. The molecule has 2 unspecified atom stereocenters. The highest BCUT2D eigenvalue weighted by molar-refractivity contribution is 6.04. The summed E-state index contributed by atoms with van der Waals surface area (Å²) in [6, 6.07) is 0. The molecule has 0 aromatic heterocycles. The molecule has 0 saturated heterocycles. The van der Waals surface area contributed by atoms with Crippen molar-refractivity contribution in [2.45, 2.75) is 19.8 Å². The van der Waals surface area contributed by atoms with Gasteiger partial charge in [-0.25, -0.2) is 14.4 Å². The van der Waals surface area contributed by atoms with E-state index >= 15 is 0 Å². The maximum absolute atomic E-state index is 11.4. The fourth-order valence-electron chi connectivity index (χ4n) is 1.96. The number of carboxylic acids is 6. The number of hydrogen-bond acceptors (Lipinski definition) is 6. The number of aliphatic carboxylic acids is 6. The van der Waals surface area contributed by atoms with Gasteiger partial charge >= 0.3 is 35.8 Å². The van der Waals surface area contributed by atoms with Crippen LogP contribution in [0.1, 0.15) is 19.8 Å². The summed E-state index contributed by atoms with van der Waals surface area (Å²) >= 11 is 0. The summed E-state index contributed by atoms with van der Waals surface area (Å²) in [5, 5.41) is 54.1. The molecule has 148 valence electrons. The SMILES string of the molecule is CC(CC(C(=O)O)=C(C=C(C(=O)O)C(CC(=O)O)C(=O)O)C(=O)O)C(=O)O. The van der Waals surface area contributed by atoms with E-state index in [2.05, 4.69) is 0 Å². The van der Waals surface area contributed by atoms with Gasteiger partial charge in [0.15, 0.2) is 0 Å². The van der Waals surface area contributed by atoms with Crippen LogP contribution in [0.15, 0.2) is 22.8 Å². The van der Waals surface area contributed by atoms with Crippen molar-refractivity contribution < 1.29 is 59.4 Å². The van der Waals surface area contributed by atoms with Gasteiger partial charge in [0.05, 0.1) is 35.0 Å². The van der Waals surface area contributed by atoms with Crippen LogP contribution in [0, 0.1) is 11.8 Å².